The quantitative estimate of drug-likeness (QED) is 0.338. The summed E-state index contributed by atoms with van der Waals surface area (Å²) in [6.07, 6.45) is 6.23. The number of ether oxygens (including phenoxy) is 2. The van der Waals surface area contributed by atoms with E-state index in [-0.39, 0.29) is 0 Å². The Hall–Kier alpha value is -1.79. The van der Waals surface area contributed by atoms with Crippen LogP contribution in [0.25, 0.3) is 0 Å². The van der Waals surface area contributed by atoms with Crippen molar-refractivity contribution < 1.29 is 9.47 Å². The summed E-state index contributed by atoms with van der Waals surface area (Å²) >= 11 is 0. The van der Waals surface area contributed by atoms with E-state index in [1.165, 1.54) is 44.5 Å². The van der Waals surface area contributed by atoms with Gasteiger partial charge >= 0.3 is 0 Å². The van der Waals surface area contributed by atoms with Crippen molar-refractivity contribution in [2.24, 2.45) is 16.8 Å². The van der Waals surface area contributed by atoms with Crippen LogP contribution >= 0.6 is 0 Å². The first-order valence-electron chi connectivity index (χ1n) is 12.1. The molecule has 6 nitrogen and oxygen atoms in total. The maximum atomic E-state index is 6.16. The summed E-state index contributed by atoms with van der Waals surface area (Å²) in [5.41, 5.74) is 2.37. The summed E-state index contributed by atoms with van der Waals surface area (Å²) in [6, 6.07) is 6.42. The molecule has 2 saturated heterocycles. The summed E-state index contributed by atoms with van der Waals surface area (Å²) < 4.78 is 11.6. The van der Waals surface area contributed by atoms with Crippen LogP contribution in [-0.4, -0.2) is 63.9 Å². The zero-order chi connectivity index (χ0) is 21.9. The van der Waals surface area contributed by atoms with Crippen LogP contribution in [0.5, 0.6) is 5.75 Å². The second kappa shape index (κ2) is 12.9. The van der Waals surface area contributed by atoms with Gasteiger partial charge in [0.05, 0.1) is 13.2 Å². The number of unbranched alkanes of at least 4 members (excludes halogenated alkanes) is 1. The van der Waals surface area contributed by atoms with Crippen LogP contribution < -0.4 is 15.4 Å². The van der Waals surface area contributed by atoms with E-state index in [1.807, 2.05) is 7.05 Å². The monoisotopic (exact) mass is 430 g/mol. The molecule has 0 amide bonds. The summed E-state index contributed by atoms with van der Waals surface area (Å²) in [5.74, 6) is 3.17. The molecule has 6 heteroatoms. The fourth-order valence-electron chi connectivity index (χ4n) is 4.42. The van der Waals surface area contributed by atoms with Gasteiger partial charge in [-0.3, -0.25) is 4.99 Å². The van der Waals surface area contributed by atoms with Gasteiger partial charge in [0.15, 0.2) is 5.96 Å². The van der Waals surface area contributed by atoms with E-state index in [9.17, 15) is 0 Å². The minimum Gasteiger partial charge on any atom is -0.493 e. The molecule has 2 N–H and O–H groups in total. The van der Waals surface area contributed by atoms with Gasteiger partial charge in [-0.15, -0.1) is 0 Å². The predicted octanol–water partition coefficient (Wildman–Crippen LogP) is 3.59. The van der Waals surface area contributed by atoms with Crippen molar-refractivity contribution in [2.45, 2.75) is 52.5 Å². The molecule has 3 rings (SSSR count). The maximum Gasteiger partial charge on any atom is 0.191 e. The number of hydrogen-bond donors (Lipinski definition) is 2. The summed E-state index contributed by atoms with van der Waals surface area (Å²) in [6.45, 7) is 12.3. The van der Waals surface area contributed by atoms with Gasteiger partial charge in [0.1, 0.15) is 5.75 Å². The fraction of sp³-hybridized carbons (Fsp3) is 0.720. The third kappa shape index (κ3) is 8.34. The van der Waals surface area contributed by atoms with Gasteiger partial charge in [-0.05, 0) is 69.7 Å². The number of aliphatic imine (C=N–C) groups is 1. The van der Waals surface area contributed by atoms with Gasteiger partial charge in [0, 0.05) is 44.8 Å². The highest BCUT2D eigenvalue weighted by Crippen LogP contribution is 2.22. The predicted molar refractivity (Wildman–Crippen MR) is 128 cm³/mol. The smallest absolute Gasteiger partial charge is 0.191 e. The largest absolute Gasteiger partial charge is 0.493 e. The molecule has 0 saturated carbocycles. The highest BCUT2D eigenvalue weighted by molar-refractivity contribution is 5.79. The van der Waals surface area contributed by atoms with Crippen molar-refractivity contribution in [3.05, 3.63) is 29.3 Å². The van der Waals surface area contributed by atoms with Crippen LogP contribution in [-0.2, 0) is 11.3 Å². The van der Waals surface area contributed by atoms with Crippen molar-refractivity contribution >= 4 is 5.96 Å². The van der Waals surface area contributed by atoms with Crippen molar-refractivity contribution in [1.82, 2.24) is 15.5 Å². The topological polar surface area (TPSA) is 58.1 Å². The Bertz CT molecular complexity index is 688. The molecule has 2 fully saturated rings. The number of benzene rings is 1. The first kappa shape index (κ1) is 23.9. The fourth-order valence-corrected chi connectivity index (χ4v) is 4.42. The lowest BCUT2D eigenvalue weighted by Gasteiger charge is -2.30. The van der Waals surface area contributed by atoms with Crippen LogP contribution in [0.4, 0.5) is 0 Å². The molecule has 31 heavy (non-hydrogen) atoms. The first-order valence-corrected chi connectivity index (χ1v) is 12.1. The third-order valence-electron chi connectivity index (χ3n) is 6.33. The molecule has 0 radical (unpaired) electrons. The van der Waals surface area contributed by atoms with E-state index >= 15 is 0 Å². The number of nitrogens with zero attached hydrogens (tertiary/aromatic N) is 2. The number of aryl methyl sites for hydroxylation is 1. The normalized spacial score (nSPS) is 22.5. The average molecular weight is 431 g/mol. The molecule has 2 atom stereocenters. The summed E-state index contributed by atoms with van der Waals surface area (Å²) in [7, 11) is 1.83. The molecule has 2 unspecified atom stereocenters. The van der Waals surface area contributed by atoms with Gasteiger partial charge < -0.3 is 25.0 Å². The number of likely N-dealkylation sites (tertiary alicyclic amines) is 1. The Balaban J connectivity index is 1.37. The van der Waals surface area contributed by atoms with E-state index in [0.717, 1.165) is 62.4 Å². The van der Waals surface area contributed by atoms with Crippen molar-refractivity contribution in [2.75, 3.05) is 53.0 Å². The zero-order valence-corrected chi connectivity index (χ0v) is 19.8. The zero-order valence-electron chi connectivity index (χ0n) is 19.8. The molecular weight excluding hydrogens is 388 g/mol. The number of rotatable bonds is 10. The standard InChI is InChI=1S/C25H42N4O2/c1-20-8-9-23(24(15-20)31-19-22-10-14-30-18-22)16-28-25(26-3)27-11-4-5-12-29-13-6-7-21(2)17-29/h8-9,15,21-22H,4-7,10-14,16-19H2,1-3H3,(H2,26,27,28). The van der Waals surface area contributed by atoms with Crippen LogP contribution in [0.15, 0.2) is 23.2 Å². The van der Waals surface area contributed by atoms with Crippen molar-refractivity contribution in [3.63, 3.8) is 0 Å². The number of nitrogens with one attached hydrogen (secondary N) is 2. The van der Waals surface area contributed by atoms with Crippen molar-refractivity contribution in [1.29, 1.82) is 0 Å². The Labute approximate surface area is 188 Å². The molecule has 0 bridgehead atoms. The van der Waals surface area contributed by atoms with Crippen LogP contribution in [0.1, 0.15) is 50.2 Å². The average Bonchev–Trinajstić information content (AvgIpc) is 3.29. The number of hydrogen-bond acceptors (Lipinski definition) is 4. The minimum absolute atomic E-state index is 0.504. The van der Waals surface area contributed by atoms with Crippen LogP contribution in [0.2, 0.25) is 0 Å². The van der Waals surface area contributed by atoms with E-state index < -0.39 is 0 Å². The molecular formula is C25H42N4O2. The lowest BCUT2D eigenvalue weighted by atomic mass is 10.0. The molecule has 0 spiro atoms. The lowest BCUT2D eigenvalue weighted by Crippen LogP contribution is -2.38. The number of piperidine rings is 1. The molecule has 0 aliphatic carbocycles. The minimum atomic E-state index is 0.504. The Morgan fingerprint density at radius 3 is 2.94 bits per heavy atom. The lowest BCUT2D eigenvalue weighted by molar-refractivity contribution is 0.166. The Kier molecular flexibility index (Phi) is 9.94. The van der Waals surface area contributed by atoms with Gasteiger partial charge in [-0.2, -0.15) is 0 Å². The van der Waals surface area contributed by atoms with Gasteiger partial charge in [0.25, 0.3) is 0 Å². The Morgan fingerprint density at radius 1 is 1.26 bits per heavy atom. The van der Waals surface area contributed by atoms with Crippen molar-refractivity contribution in [3.8, 4) is 5.75 Å². The van der Waals surface area contributed by atoms with Gasteiger partial charge in [0.2, 0.25) is 0 Å². The van der Waals surface area contributed by atoms with E-state index in [2.05, 4.69) is 52.6 Å². The molecule has 174 valence electrons. The van der Waals surface area contributed by atoms with E-state index in [4.69, 9.17) is 9.47 Å². The maximum absolute atomic E-state index is 6.16. The second-order valence-electron chi connectivity index (χ2n) is 9.26. The Morgan fingerprint density at radius 2 is 2.16 bits per heavy atom. The number of guanidine groups is 1. The van der Waals surface area contributed by atoms with Gasteiger partial charge in [-0.1, -0.05) is 19.1 Å². The molecule has 1 aromatic carbocycles. The SMILES string of the molecule is CN=C(NCCCCN1CCCC(C)C1)NCc1ccc(C)cc1OCC1CCOC1. The molecule has 0 aromatic heterocycles. The summed E-state index contributed by atoms with van der Waals surface area (Å²) in [4.78, 5) is 7.01. The van der Waals surface area contributed by atoms with Gasteiger partial charge in [-0.25, -0.2) is 0 Å². The molecule has 2 aliphatic rings. The highest BCUT2D eigenvalue weighted by atomic mass is 16.5. The summed E-state index contributed by atoms with van der Waals surface area (Å²) in [5, 5.41) is 6.90. The molecule has 2 heterocycles. The van der Waals surface area contributed by atoms with Crippen LogP contribution in [0, 0.1) is 18.8 Å². The first-order chi connectivity index (χ1) is 15.1. The molecule has 1 aromatic rings. The second-order valence-corrected chi connectivity index (χ2v) is 9.26. The van der Waals surface area contributed by atoms with E-state index in [0.29, 0.717) is 12.5 Å². The molecule has 2 aliphatic heterocycles. The van der Waals surface area contributed by atoms with E-state index in [1.54, 1.807) is 0 Å². The third-order valence-corrected chi connectivity index (χ3v) is 6.33. The highest BCUT2D eigenvalue weighted by Gasteiger charge is 2.17. The van der Waals surface area contributed by atoms with Crippen LogP contribution in [0.3, 0.4) is 0 Å².